The average Bonchev–Trinajstić information content (AvgIpc) is 3.26. The molecule has 0 aromatic heterocycles. The number of Topliss-reactive ketones (excluding diaryl/α,β-unsaturated/α-hetero) is 1. The highest BCUT2D eigenvalue weighted by molar-refractivity contribution is 6.01. The van der Waals surface area contributed by atoms with Gasteiger partial charge in [-0.15, -0.1) is 5.06 Å². The summed E-state index contributed by atoms with van der Waals surface area (Å²) >= 11 is 0. The zero-order chi connectivity index (χ0) is 31.8. The second kappa shape index (κ2) is 15.5. The van der Waals surface area contributed by atoms with E-state index < -0.39 is 28.7 Å². The fourth-order valence-corrected chi connectivity index (χ4v) is 6.46. The lowest BCUT2D eigenvalue weighted by atomic mass is 9.77. The van der Waals surface area contributed by atoms with Gasteiger partial charge in [0.15, 0.2) is 5.78 Å². The Balaban J connectivity index is 1.27. The Bertz CT molecular complexity index is 983. The van der Waals surface area contributed by atoms with Crippen molar-refractivity contribution >= 4 is 29.5 Å². The van der Waals surface area contributed by atoms with Crippen molar-refractivity contribution in [2.45, 2.75) is 104 Å². The van der Waals surface area contributed by atoms with Gasteiger partial charge in [-0.25, -0.2) is 4.79 Å². The number of ketones is 1. The van der Waals surface area contributed by atoms with Crippen LogP contribution in [0.4, 0.5) is 0 Å². The smallest absolute Gasteiger partial charge is 0.334 e. The van der Waals surface area contributed by atoms with Gasteiger partial charge in [-0.1, -0.05) is 20.3 Å². The molecule has 2 unspecified atom stereocenters. The van der Waals surface area contributed by atoms with Crippen LogP contribution in [0.2, 0.25) is 0 Å². The molecule has 244 valence electrons. The van der Waals surface area contributed by atoms with Gasteiger partial charge < -0.3 is 20.4 Å². The molecule has 12 heteroatoms. The van der Waals surface area contributed by atoms with Gasteiger partial charge >= 0.3 is 5.97 Å². The first-order chi connectivity index (χ1) is 20.2. The van der Waals surface area contributed by atoms with Crippen LogP contribution in [0, 0.1) is 5.41 Å². The maximum Gasteiger partial charge on any atom is 0.334 e. The average molecular weight is 607 g/mol. The predicted molar refractivity (Wildman–Crippen MR) is 163 cm³/mol. The number of carbonyl (C=O) groups excluding carboxylic acids is 5. The zero-order valence-electron chi connectivity index (χ0n) is 27.2. The summed E-state index contributed by atoms with van der Waals surface area (Å²) in [5, 5.41) is 6.90. The summed E-state index contributed by atoms with van der Waals surface area (Å²) in [6, 6.07) is 0.968. The minimum absolute atomic E-state index is 0.0434. The molecule has 43 heavy (non-hydrogen) atoms. The molecule has 3 rings (SSSR count). The Hall–Kier alpha value is -2.41. The minimum atomic E-state index is -0.731. The van der Waals surface area contributed by atoms with Crippen molar-refractivity contribution in [2.75, 3.05) is 58.9 Å². The number of rotatable bonds is 15. The molecule has 3 saturated heterocycles. The quantitative estimate of drug-likeness (QED) is 0.263. The first-order valence-corrected chi connectivity index (χ1v) is 16.0. The van der Waals surface area contributed by atoms with Crippen LogP contribution in [0.1, 0.15) is 86.5 Å². The number of piperidine rings is 1. The SMILES string of the molecule is CC1CCCC(C)N1CC(C)(C)C(=O)C(C)(C)NCCC(=O)NCCN1CCN(CCC(=O)ON2C(=O)CCC2=O)CC1. The Kier molecular flexibility index (Phi) is 12.7. The van der Waals surface area contributed by atoms with E-state index in [1.807, 2.05) is 27.7 Å². The van der Waals surface area contributed by atoms with Gasteiger partial charge in [-0.3, -0.25) is 29.0 Å². The van der Waals surface area contributed by atoms with Crippen LogP contribution in [0.3, 0.4) is 0 Å². The summed E-state index contributed by atoms with van der Waals surface area (Å²) in [7, 11) is 0. The third-order valence-corrected chi connectivity index (χ3v) is 9.10. The number of amides is 3. The van der Waals surface area contributed by atoms with Crippen LogP contribution < -0.4 is 10.6 Å². The summed E-state index contributed by atoms with van der Waals surface area (Å²) in [4.78, 5) is 73.0. The predicted octanol–water partition coefficient (Wildman–Crippen LogP) is 1.33. The molecule has 3 heterocycles. The maximum absolute atomic E-state index is 13.5. The molecule has 0 radical (unpaired) electrons. The topological polar surface area (TPSA) is 132 Å². The maximum atomic E-state index is 13.5. The Morgan fingerprint density at radius 3 is 1.98 bits per heavy atom. The van der Waals surface area contributed by atoms with Crippen LogP contribution in [0.5, 0.6) is 0 Å². The van der Waals surface area contributed by atoms with Gasteiger partial charge in [0.05, 0.1) is 12.0 Å². The molecule has 0 bridgehead atoms. The molecule has 3 amide bonds. The van der Waals surface area contributed by atoms with Gasteiger partial charge in [0.25, 0.3) is 11.8 Å². The van der Waals surface area contributed by atoms with E-state index in [9.17, 15) is 24.0 Å². The van der Waals surface area contributed by atoms with E-state index in [1.165, 1.54) is 19.3 Å². The molecule has 0 spiro atoms. The number of nitrogens with zero attached hydrogens (tertiary/aromatic N) is 4. The van der Waals surface area contributed by atoms with Crippen LogP contribution in [0.25, 0.3) is 0 Å². The third kappa shape index (κ3) is 10.3. The summed E-state index contributed by atoms with van der Waals surface area (Å²) in [5.41, 5.74) is -1.23. The molecule has 3 aliphatic rings. The molecular weight excluding hydrogens is 552 g/mol. The van der Waals surface area contributed by atoms with Gasteiger partial charge in [0.2, 0.25) is 5.91 Å². The van der Waals surface area contributed by atoms with Gasteiger partial charge in [0, 0.05) is 95.7 Å². The number of hydrogen-bond acceptors (Lipinski definition) is 10. The van der Waals surface area contributed by atoms with Gasteiger partial charge in [0.1, 0.15) is 0 Å². The highest BCUT2D eigenvalue weighted by Gasteiger charge is 2.41. The van der Waals surface area contributed by atoms with Gasteiger partial charge in [-0.05, 0) is 40.5 Å². The molecular formula is C31H54N6O6. The van der Waals surface area contributed by atoms with E-state index >= 15 is 0 Å². The highest BCUT2D eigenvalue weighted by Crippen LogP contribution is 2.31. The Labute approximate surface area is 257 Å². The second-order valence-corrected chi connectivity index (χ2v) is 13.6. The van der Waals surface area contributed by atoms with Crippen LogP contribution in [-0.2, 0) is 28.8 Å². The third-order valence-electron chi connectivity index (χ3n) is 9.10. The van der Waals surface area contributed by atoms with Crippen molar-refractivity contribution in [1.82, 2.24) is 30.4 Å². The number of likely N-dealkylation sites (tertiary alicyclic amines) is 1. The van der Waals surface area contributed by atoms with Crippen LogP contribution in [-0.4, -0.2) is 126 Å². The lowest BCUT2D eigenvalue weighted by Crippen LogP contribution is -2.57. The van der Waals surface area contributed by atoms with Crippen molar-refractivity contribution in [3.05, 3.63) is 0 Å². The molecule has 0 aromatic rings. The first-order valence-electron chi connectivity index (χ1n) is 16.0. The Morgan fingerprint density at radius 1 is 0.837 bits per heavy atom. The molecule has 3 fully saturated rings. The minimum Gasteiger partial charge on any atom is -0.355 e. The Morgan fingerprint density at radius 2 is 1.40 bits per heavy atom. The normalized spacial score (nSPS) is 23.1. The largest absolute Gasteiger partial charge is 0.355 e. The number of imide groups is 1. The van der Waals surface area contributed by atoms with Crippen molar-refractivity contribution in [3.63, 3.8) is 0 Å². The number of carbonyl (C=O) groups is 5. The fourth-order valence-electron chi connectivity index (χ4n) is 6.46. The zero-order valence-corrected chi connectivity index (χ0v) is 27.2. The molecule has 0 aromatic carbocycles. The van der Waals surface area contributed by atoms with Crippen LogP contribution >= 0.6 is 0 Å². The molecule has 2 atom stereocenters. The first kappa shape index (κ1) is 35.1. The summed E-state index contributed by atoms with van der Waals surface area (Å²) in [5.74, 6) is -1.40. The van der Waals surface area contributed by atoms with E-state index in [-0.39, 0.29) is 31.0 Å². The lowest BCUT2D eigenvalue weighted by Gasteiger charge is -2.44. The number of hydrogen-bond donors (Lipinski definition) is 2. The molecule has 2 N–H and O–H groups in total. The monoisotopic (exact) mass is 606 g/mol. The summed E-state index contributed by atoms with van der Waals surface area (Å²) in [6.07, 6.45) is 4.17. The summed E-state index contributed by atoms with van der Waals surface area (Å²) in [6.45, 7) is 18.6. The number of nitrogens with one attached hydrogen (secondary N) is 2. The molecule has 0 aliphatic carbocycles. The van der Waals surface area contributed by atoms with Crippen molar-refractivity contribution in [3.8, 4) is 0 Å². The van der Waals surface area contributed by atoms with Crippen LogP contribution in [0.15, 0.2) is 0 Å². The molecule has 12 nitrogen and oxygen atoms in total. The van der Waals surface area contributed by atoms with E-state index in [0.717, 1.165) is 39.3 Å². The van der Waals surface area contributed by atoms with Crippen molar-refractivity contribution < 1.29 is 28.8 Å². The van der Waals surface area contributed by atoms with E-state index in [1.54, 1.807) is 0 Å². The highest BCUT2D eigenvalue weighted by atomic mass is 16.7. The second-order valence-electron chi connectivity index (χ2n) is 13.6. The van der Waals surface area contributed by atoms with E-state index in [0.29, 0.717) is 43.2 Å². The van der Waals surface area contributed by atoms with E-state index in [4.69, 9.17) is 4.84 Å². The molecule has 3 aliphatic heterocycles. The van der Waals surface area contributed by atoms with Crippen molar-refractivity contribution in [2.24, 2.45) is 5.41 Å². The molecule has 0 saturated carbocycles. The van der Waals surface area contributed by atoms with E-state index in [2.05, 4.69) is 39.2 Å². The summed E-state index contributed by atoms with van der Waals surface area (Å²) < 4.78 is 0. The number of hydroxylamine groups is 2. The van der Waals surface area contributed by atoms with Crippen molar-refractivity contribution in [1.29, 1.82) is 0 Å². The van der Waals surface area contributed by atoms with Gasteiger partial charge in [-0.2, -0.15) is 0 Å². The fraction of sp³-hybridized carbons (Fsp3) is 0.839. The standard InChI is InChI=1S/C31H54N6O6/c1-23-8-7-9-24(2)36(23)22-30(3,4)29(42)31(5,6)33-14-12-25(38)32-15-17-35-20-18-34(19-21-35)16-13-28(41)43-37-26(39)10-11-27(37)40/h23-24,33H,7-22H2,1-6H3,(H,32,38). The number of piperazine rings is 1. The lowest BCUT2D eigenvalue weighted by molar-refractivity contribution is -0.197.